The Hall–Kier alpha value is -3.42. The summed E-state index contributed by atoms with van der Waals surface area (Å²) in [6.45, 7) is 2.99. The third-order valence-electron chi connectivity index (χ3n) is 7.21. The molecule has 1 saturated carbocycles. The van der Waals surface area contributed by atoms with Crippen molar-refractivity contribution in [2.24, 2.45) is 7.05 Å². The smallest absolute Gasteiger partial charge is 0.315 e. The van der Waals surface area contributed by atoms with Crippen LogP contribution in [0.3, 0.4) is 0 Å². The number of nitrogens with zero attached hydrogens (tertiary/aromatic N) is 5. The number of anilines is 1. The predicted molar refractivity (Wildman–Crippen MR) is 125 cm³/mol. The van der Waals surface area contributed by atoms with E-state index in [0.717, 1.165) is 32.1 Å². The van der Waals surface area contributed by atoms with Gasteiger partial charge in [-0.15, -0.1) is 0 Å². The van der Waals surface area contributed by atoms with Crippen LogP contribution in [-0.4, -0.2) is 36.7 Å². The van der Waals surface area contributed by atoms with Gasteiger partial charge in [0.2, 0.25) is 5.75 Å². The number of aromatic hydroxyl groups is 1. The number of carbonyl (C=O) groups excluding carboxylic acids is 1. The van der Waals surface area contributed by atoms with Crippen LogP contribution < -0.4 is 10.5 Å². The number of benzene rings is 1. The van der Waals surface area contributed by atoms with Crippen LogP contribution in [0.5, 0.6) is 5.75 Å². The number of imidazole rings is 1. The van der Waals surface area contributed by atoms with Crippen molar-refractivity contribution in [3.63, 3.8) is 0 Å². The van der Waals surface area contributed by atoms with Crippen molar-refractivity contribution in [3.05, 3.63) is 69.8 Å². The highest BCUT2D eigenvalue weighted by Crippen LogP contribution is 2.44. The lowest BCUT2D eigenvalue weighted by Gasteiger charge is -2.34. The third-order valence-corrected chi connectivity index (χ3v) is 7.21. The van der Waals surface area contributed by atoms with Crippen LogP contribution in [0.15, 0.2) is 41.6 Å². The standard InChI is InChI=1S/C25H29N5O3/c1-3-17-7-6-8-18(13-17)25(9-4-5-10-25)14-19-27-23(32)22(31)21-24(33)30(12-11-29(19)21)20-15-28(2)16-26-20/h6-8,13,15-16,31H,3-5,9-12,14H2,1-2H3. The minimum absolute atomic E-state index is 0.0114. The lowest BCUT2D eigenvalue weighted by Crippen LogP contribution is -2.44. The maximum atomic E-state index is 13.4. The molecule has 1 aliphatic carbocycles. The monoisotopic (exact) mass is 447 g/mol. The van der Waals surface area contributed by atoms with E-state index in [1.807, 2.05) is 7.05 Å². The molecule has 1 N–H and O–H groups in total. The van der Waals surface area contributed by atoms with E-state index in [2.05, 4.69) is 41.2 Å². The Morgan fingerprint density at radius 1 is 1.15 bits per heavy atom. The molecule has 0 bridgehead atoms. The molecular formula is C25H29N5O3. The van der Waals surface area contributed by atoms with Crippen molar-refractivity contribution in [1.82, 2.24) is 19.1 Å². The van der Waals surface area contributed by atoms with Crippen LogP contribution in [0.2, 0.25) is 0 Å². The molecule has 3 heterocycles. The highest BCUT2D eigenvalue weighted by atomic mass is 16.3. The van der Waals surface area contributed by atoms with Crippen molar-refractivity contribution >= 4 is 11.7 Å². The van der Waals surface area contributed by atoms with Gasteiger partial charge >= 0.3 is 5.56 Å². The maximum absolute atomic E-state index is 13.4. The van der Waals surface area contributed by atoms with Crippen LogP contribution in [-0.2, 0) is 31.8 Å². The van der Waals surface area contributed by atoms with Crippen LogP contribution in [0.4, 0.5) is 5.82 Å². The molecule has 8 nitrogen and oxygen atoms in total. The van der Waals surface area contributed by atoms with Gasteiger partial charge in [-0.25, -0.2) is 4.98 Å². The molecule has 172 valence electrons. The molecule has 0 radical (unpaired) electrons. The number of aromatic nitrogens is 4. The highest BCUT2D eigenvalue weighted by molar-refractivity contribution is 6.06. The SMILES string of the molecule is CCc1cccc(C2(Cc3nc(=O)c(O)c4n3CCN(c3cn(C)cn3)C4=O)CCCC2)c1. The van der Waals surface area contributed by atoms with Crippen molar-refractivity contribution in [2.75, 3.05) is 11.4 Å². The van der Waals surface area contributed by atoms with E-state index in [1.54, 1.807) is 21.7 Å². The predicted octanol–water partition coefficient (Wildman–Crippen LogP) is 2.96. The van der Waals surface area contributed by atoms with Crippen molar-refractivity contribution < 1.29 is 9.90 Å². The van der Waals surface area contributed by atoms with E-state index in [4.69, 9.17) is 0 Å². The fourth-order valence-electron chi connectivity index (χ4n) is 5.41. The first kappa shape index (κ1) is 21.4. The lowest BCUT2D eigenvalue weighted by molar-refractivity contribution is 0.0956. The maximum Gasteiger partial charge on any atom is 0.315 e. The average Bonchev–Trinajstić information content (AvgIpc) is 3.47. The number of hydrogen-bond donors (Lipinski definition) is 1. The minimum atomic E-state index is -0.747. The Balaban J connectivity index is 1.57. The van der Waals surface area contributed by atoms with Gasteiger partial charge in [0.1, 0.15) is 5.82 Å². The van der Waals surface area contributed by atoms with Crippen LogP contribution >= 0.6 is 0 Å². The zero-order chi connectivity index (χ0) is 23.2. The van der Waals surface area contributed by atoms with Gasteiger partial charge < -0.3 is 14.2 Å². The lowest BCUT2D eigenvalue weighted by atomic mass is 9.75. The number of carbonyl (C=O) groups is 1. The summed E-state index contributed by atoms with van der Waals surface area (Å²) in [7, 11) is 1.83. The molecule has 1 amide bonds. The molecule has 0 atom stereocenters. The normalized spacial score (nSPS) is 17.4. The van der Waals surface area contributed by atoms with Gasteiger partial charge in [0, 0.05) is 38.2 Å². The number of aryl methyl sites for hydroxylation is 2. The van der Waals surface area contributed by atoms with E-state index in [9.17, 15) is 14.7 Å². The fraction of sp³-hybridized carbons (Fsp3) is 0.440. The molecule has 3 aromatic rings. The summed E-state index contributed by atoms with van der Waals surface area (Å²) < 4.78 is 3.51. The number of rotatable bonds is 5. The summed E-state index contributed by atoms with van der Waals surface area (Å²) in [5.41, 5.74) is 1.70. The van der Waals surface area contributed by atoms with E-state index in [0.29, 0.717) is 31.2 Å². The Bertz CT molecular complexity index is 1270. The van der Waals surface area contributed by atoms with E-state index in [1.165, 1.54) is 16.0 Å². The van der Waals surface area contributed by atoms with Crippen LogP contribution in [0, 0.1) is 0 Å². The first-order chi connectivity index (χ1) is 15.9. The van der Waals surface area contributed by atoms with Gasteiger partial charge in [0.15, 0.2) is 11.5 Å². The summed E-state index contributed by atoms with van der Waals surface area (Å²) in [5.74, 6) is 0.0673. The number of hydrogen-bond acceptors (Lipinski definition) is 5. The average molecular weight is 448 g/mol. The quantitative estimate of drug-likeness (QED) is 0.649. The second kappa shape index (κ2) is 8.17. The molecule has 2 aromatic heterocycles. The second-order valence-electron chi connectivity index (χ2n) is 9.25. The summed E-state index contributed by atoms with van der Waals surface area (Å²) in [5, 5.41) is 10.5. The Morgan fingerprint density at radius 3 is 2.64 bits per heavy atom. The Labute approximate surface area is 192 Å². The van der Waals surface area contributed by atoms with Crippen LogP contribution in [0.25, 0.3) is 0 Å². The molecule has 5 rings (SSSR count). The van der Waals surface area contributed by atoms with E-state index < -0.39 is 17.2 Å². The zero-order valence-corrected chi connectivity index (χ0v) is 19.1. The highest BCUT2D eigenvalue weighted by Gasteiger charge is 2.39. The molecule has 2 aliphatic rings. The third kappa shape index (κ3) is 3.63. The molecule has 1 aromatic carbocycles. The molecule has 1 fully saturated rings. The Morgan fingerprint density at radius 2 is 1.94 bits per heavy atom. The van der Waals surface area contributed by atoms with Crippen molar-refractivity contribution in [3.8, 4) is 5.75 Å². The molecule has 0 spiro atoms. The van der Waals surface area contributed by atoms with Crippen molar-refractivity contribution in [1.29, 1.82) is 0 Å². The van der Waals surface area contributed by atoms with Gasteiger partial charge in [0.25, 0.3) is 5.91 Å². The fourth-order valence-corrected chi connectivity index (χ4v) is 5.41. The topological polar surface area (TPSA) is 93.2 Å². The number of amides is 1. The van der Waals surface area contributed by atoms with E-state index >= 15 is 0 Å². The molecule has 33 heavy (non-hydrogen) atoms. The molecule has 0 unspecified atom stereocenters. The summed E-state index contributed by atoms with van der Waals surface area (Å²) in [6.07, 6.45) is 9.18. The summed E-state index contributed by atoms with van der Waals surface area (Å²) in [4.78, 5) is 36.1. The van der Waals surface area contributed by atoms with Gasteiger partial charge in [-0.1, -0.05) is 44.0 Å². The summed E-state index contributed by atoms with van der Waals surface area (Å²) >= 11 is 0. The molecule has 0 saturated heterocycles. The van der Waals surface area contributed by atoms with Gasteiger partial charge in [-0.05, 0) is 30.4 Å². The van der Waals surface area contributed by atoms with Gasteiger partial charge in [-0.3, -0.25) is 14.5 Å². The first-order valence-corrected chi connectivity index (χ1v) is 11.6. The van der Waals surface area contributed by atoms with Gasteiger partial charge in [-0.2, -0.15) is 4.98 Å². The zero-order valence-electron chi connectivity index (χ0n) is 19.1. The molecule has 1 aliphatic heterocycles. The molecule has 8 heteroatoms. The van der Waals surface area contributed by atoms with Crippen molar-refractivity contribution in [2.45, 2.75) is 57.4 Å². The van der Waals surface area contributed by atoms with Gasteiger partial charge in [0.05, 0.1) is 6.33 Å². The second-order valence-corrected chi connectivity index (χ2v) is 9.25. The van der Waals surface area contributed by atoms with E-state index in [-0.39, 0.29) is 11.1 Å². The first-order valence-electron chi connectivity index (χ1n) is 11.6. The minimum Gasteiger partial charge on any atom is -0.501 e. The Kier molecular flexibility index (Phi) is 5.31. The van der Waals surface area contributed by atoms with Crippen LogP contribution in [0.1, 0.15) is 60.0 Å². The summed E-state index contributed by atoms with van der Waals surface area (Å²) in [6, 6.07) is 8.69. The largest absolute Gasteiger partial charge is 0.501 e. The molecular weight excluding hydrogens is 418 g/mol. The number of fused-ring (bicyclic) bond motifs is 1.